The van der Waals surface area contributed by atoms with Gasteiger partial charge in [-0.1, -0.05) is 11.8 Å². The molecular formula is C13H17N7OS. The zero-order chi connectivity index (χ0) is 15.9. The summed E-state index contributed by atoms with van der Waals surface area (Å²) in [7, 11) is 0. The van der Waals surface area contributed by atoms with Crippen LogP contribution in [0.25, 0.3) is 0 Å². The topological polar surface area (TPSA) is 104 Å². The highest BCUT2D eigenvalue weighted by atomic mass is 32.2. The Morgan fingerprint density at radius 1 is 1.55 bits per heavy atom. The van der Waals surface area contributed by atoms with Gasteiger partial charge in [0.25, 0.3) is 0 Å². The van der Waals surface area contributed by atoms with Crippen molar-refractivity contribution in [2.75, 3.05) is 11.6 Å². The van der Waals surface area contributed by atoms with E-state index in [4.69, 9.17) is 5.73 Å². The van der Waals surface area contributed by atoms with Gasteiger partial charge in [-0.2, -0.15) is 10.1 Å². The van der Waals surface area contributed by atoms with E-state index < -0.39 is 11.9 Å². The fourth-order valence-corrected chi connectivity index (χ4v) is 3.00. The third-order valence-corrected chi connectivity index (χ3v) is 4.15. The van der Waals surface area contributed by atoms with Gasteiger partial charge in [0.15, 0.2) is 0 Å². The van der Waals surface area contributed by atoms with E-state index in [0.717, 1.165) is 5.69 Å². The summed E-state index contributed by atoms with van der Waals surface area (Å²) in [4.78, 5) is 16.4. The quantitative estimate of drug-likeness (QED) is 0.815. The van der Waals surface area contributed by atoms with Gasteiger partial charge >= 0.3 is 0 Å². The molecule has 22 heavy (non-hydrogen) atoms. The van der Waals surface area contributed by atoms with Crippen LogP contribution in [0.15, 0.2) is 28.7 Å². The molecule has 0 radical (unpaired) electrons. The summed E-state index contributed by atoms with van der Waals surface area (Å²) in [5, 5.41) is 12.5. The Bertz CT molecular complexity index is 760. The minimum Gasteiger partial charge on any atom is -0.366 e. The Kier molecular flexibility index (Phi) is 3.65. The number of amides is 1. The molecule has 2 aromatic rings. The largest absolute Gasteiger partial charge is 0.366 e. The maximum atomic E-state index is 12.0. The molecule has 3 N–H and O–H groups in total. The molecule has 0 aromatic carbocycles. The molecule has 1 atom stereocenters. The van der Waals surface area contributed by atoms with Crippen molar-refractivity contribution in [2.24, 2.45) is 5.73 Å². The molecule has 0 saturated heterocycles. The Morgan fingerprint density at radius 2 is 2.32 bits per heavy atom. The molecule has 1 aliphatic heterocycles. The minimum absolute atomic E-state index is 0.426. The number of nitrogens with two attached hydrogens (primary N) is 1. The van der Waals surface area contributed by atoms with Gasteiger partial charge in [0.05, 0.1) is 11.3 Å². The fraction of sp³-hybridized carbons (Fsp3) is 0.385. The Morgan fingerprint density at radius 3 is 2.95 bits per heavy atom. The number of allylic oxidation sites excluding steroid dienone is 1. The van der Waals surface area contributed by atoms with Crippen molar-refractivity contribution in [2.45, 2.75) is 31.6 Å². The molecule has 0 aliphatic carbocycles. The van der Waals surface area contributed by atoms with Gasteiger partial charge in [0.2, 0.25) is 17.0 Å². The normalized spacial score (nSPS) is 17.3. The number of carbonyl (C=O) groups excluding carboxylic acids is 1. The fourth-order valence-electron chi connectivity index (χ4n) is 2.65. The van der Waals surface area contributed by atoms with E-state index in [0.29, 0.717) is 28.9 Å². The van der Waals surface area contributed by atoms with E-state index >= 15 is 0 Å². The SMILES string of the molecule is CCn1nccc1[C@H]1C(C(N)=O)=C(C)Nc2nc(SC)nn21. The second kappa shape index (κ2) is 5.48. The van der Waals surface area contributed by atoms with Crippen LogP contribution in [-0.2, 0) is 11.3 Å². The number of primary amides is 1. The van der Waals surface area contributed by atoms with Crippen LogP contribution < -0.4 is 11.1 Å². The predicted octanol–water partition coefficient (Wildman–Crippen LogP) is 0.991. The first-order valence-corrected chi connectivity index (χ1v) is 8.09. The molecule has 3 heterocycles. The van der Waals surface area contributed by atoms with Gasteiger partial charge in [0.1, 0.15) is 6.04 Å². The summed E-state index contributed by atoms with van der Waals surface area (Å²) < 4.78 is 3.53. The van der Waals surface area contributed by atoms with Crippen molar-refractivity contribution in [1.82, 2.24) is 24.5 Å². The van der Waals surface area contributed by atoms with Crippen LogP contribution in [0.1, 0.15) is 25.6 Å². The van der Waals surface area contributed by atoms with E-state index in [1.165, 1.54) is 11.8 Å². The van der Waals surface area contributed by atoms with Crippen LogP contribution in [0.2, 0.25) is 0 Å². The lowest BCUT2D eigenvalue weighted by Crippen LogP contribution is -2.33. The lowest BCUT2D eigenvalue weighted by atomic mass is 9.99. The zero-order valence-corrected chi connectivity index (χ0v) is 13.4. The van der Waals surface area contributed by atoms with Crippen molar-refractivity contribution in [3.8, 4) is 0 Å². The molecule has 3 rings (SSSR count). The highest BCUT2D eigenvalue weighted by Gasteiger charge is 2.34. The lowest BCUT2D eigenvalue weighted by Gasteiger charge is -2.27. The average molecular weight is 319 g/mol. The standard InChI is InChI=1S/C13H17N7OS/c1-4-19-8(5-6-15-19)10-9(11(14)21)7(2)16-12-17-13(22-3)18-20(10)12/h5-6,10H,4H2,1-3H3,(H2,14,21)(H,16,17,18)/t10-/m0/s1. The minimum atomic E-state index is -0.481. The number of rotatable bonds is 4. The molecule has 0 bridgehead atoms. The molecule has 1 aliphatic rings. The Balaban J connectivity index is 2.22. The second-order valence-electron chi connectivity index (χ2n) is 4.87. The highest BCUT2D eigenvalue weighted by molar-refractivity contribution is 7.98. The third kappa shape index (κ3) is 2.17. The van der Waals surface area contributed by atoms with E-state index in [9.17, 15) is 4.79 Å². The smallest absolute Gasteiger partial charge is 0.248 e. The molecule has 0 fully saturated rings. The van der Waals surface area contributed by atoms with Crippen LogP contribution >= 0.6 is 11.8 Å². The Labute approximate surface area is 131 Å². The maximum Gasteiger partial charge on any atom is 0.248 e. The van der Waals surface area contributed by atoms with Gasteiger partial charge in [-0.25, -0.2) is 4.68 Å². The van der Waals surface area contributed by atoms with Crippen LogP contribution in [-0.4, -0.2) is 36.7 Å². The van der Waals surface area contributed by atoms with Crippen molar-refractivity contribution in [3.63, 3.8) is 0 Å². The number of aryl methyl sites for hydroxylation is 1. The molecule has 0 saturated carbocycles. The van der Waals surface area contributed by atoms with Crippen molar-refractivity contribution < 1.29 is 4.79 Å². The van der Waals surface area contributed by atoms with Gasteiger partial charge < -0.3 is 11.1 Å². The molecule has 116 valence electrons. The first kappa shape index (κ1) is 14.6. The first-order valence-electron chi connectivity index (χ1n) is 6.86. The number of hydrogen-bond acceptors (Lipinski definition) is 6. The number of aromatic nitrogens is 5. The van der Waals surface area contributed by atoms with E-state index in [1.807, 2.05) is 30.9 Å². The number of carbonyl (C=O) groups is 1. The van der Waals surface area contributed by atoms with Crippen molar-refractivity contribution in [3.05, 3.63) is 29.2 Å². The van der Waals surface area contributed by atoms with E-state index in [-0.39, 0.29) is 0 Å². The lowest BCUT2D eigenvalue weighted by molar-refractivity contribution is -0.115. The van der Waals surface area contributed by atoms with Crippen LogP contribution in [0.5, 0.6) is 0 Å². The maximum absolute atomic E-state index is 12.0. The van der Waals surface area contributed by atoms with Crippen molar-refractivity contribution in [1.29, 1.82) is 0 Å². The second-order valence-corrected chi connectivity index (χ2v) is 5.64. The van der Waals surface area contributed by atoms with Crippen molar-refractivity contribution >= 4 is 23.6 Å². The first-order chi connectivity index (χ1) is 10.6. The summed E-state index contributed by atoms with van der Waals surface area (Å²) >= 11 is 1.44. The van der Waals surface area contributed by atoms with Crippen LogP contribution in [0.4, 0.5) is 5.95 Å². The zero-order valence-electron chi connectivity index (χ0n) is 12.6. The average Bonchev–Trinajstić information content (AvgIpc) is 3.10. The van der Waals surface area contributed by atoms with Gasteiger partial charge in [0, 0.05) is 18.4 Å². The van der Waals surface area contributed by atoms with E-state index in [1.54, 1.807) is 10.9 Å². The number of nitrogens with one attached hydrogen (secondary N) is 1. The van der Waals surface area contributed by atoms with Gasteiger partial charge in [-0.15, -0.1) is 5.10 Å². The summed E-state index contributed by atoms with van der Waals surface area (Å²) in [6.45, 7) is 4.50. The van der Waals surface area contributed by atoms with Crippen LogP contribution in [0, 0.1) is 0 Å². The van der Waals surface area contributed by atoms with E-state index in [2.05, 4.69) is 20.5 Å². The number of fused-ring (bicyclic) bond motifs is 1. The molecule has 0 spiro atoms. The number of hydrogen-bond donors (Lipinski definition) is 2. The number of anilines is 1. The molecule has 0 unspecified atom stereocenters. The number of thioether (sulfide) groups is 1. The van der Waals surface area contributed by atoms with Crippen LogP contribution in [0.3, 0.4) is 0 Å². The third-order valence-electron chi connectivity index (χ3n) is 3.61. The monoisotopic (exact) mass is 319 g/mol. The summed E-state index contributed by atoms with van der Waals surface area (Å²) in [6, 6.07) is 1.45. The Hall–Kier alpha value is -2.29. The molecule has 2 aromatic heterocycles. The molecule has 8 nitrogen and oxygen atoms in total. The predicted molar refractivity (Wildman–Crippen MR) is 83.4 cm³/mol. The molecule has 9 heteroatoms. The number of nitrogens with zero attached hydrogens (tertiary/aromatic N) is 5. The van der Waals surface area contributed by atoms with Gasteiger partial charge in [-0.3, -0.25) is 9.48 Å². The highest BCUT2D eigenvalue weighted by Crippen LogP contribution is 2.35. The molecular weight excluding hydrogens is 302 g/mol. The summed E-state index contributed by atoms with van der Waals surface area (Å²) in [5.74, 6) is 0.117. The summed E-state index contributed by atoms with van der Waals surface area (Å²) in [5.41, 5.74) is 7.63. The molecule has 1 amide bonds. The van der Waals surface area contributed by atoms with Gasteiger partial charge in [-0.05, 0) is 26.2 Å². The summed E-state index contributed by atoms with van der Waals surface area (Å²) in [6.07, 6.45) is 3.61.